The number of nitrogens with one attached hydrogen (secondary N) is 1. The van der Waals surface area contributed by atoms with E-state index in [-0.39, 0.29) is 5.92 Å². The maximum Gasteiger partial charge on any atom is 0.218 e. The third kappa shape index (κ3) is 4.74. The fourth-order valence-corrected chi connectivity index (χ4v) is 1.99. The maximum atomic E-state index is 5.51. The molecule has 0 amide bonds. The molecule has 0 bridgehead atoms. The zero-order valence-corrected chi connectivity index (χ0v) is 13.0. The van der Waals surface area contributed by atoms with Gasteiger partial charge in [-0.2, -0.15) is 4.98 Å². The van der Waals surface area contributed by atoms with Gasteiger partial charge in [0.15, 0.2) is 0 Å². The van der Waals surface area contributed by atoms with Crippen molar-refractivity contribution in [2.45, 2.75) is 33.1 Å². The van der Waals surface area contributed by atoms with Crippen LogP contribution in [0.2, 0.25) is 0 Å². The number of aromatic nitrogens is 2. The number of hydrogen-bond donors (Lipinski definition) is 1. The van der Waals surface area contributed by atoms with E-state index in [0.29, 0.717) is 12.5 Å². The molecule has 0 atom stereocenters. The molecular weight excluding hydrogens is 262 g/mol. The van der Waals surface area contributed by atoms with E-state index in [1.807, 2.05) is 19.1 Å². The smallest absolute Gasteiger partial charge is 0.218 e. The van der Waals surface area contributed by atoms with Crippen molar-refractivity contribution in [3.8, 4) is 5.88 Å². The van der Waals surface area contributed by atoms with E-state index in [2.05, 4.69) is 53.4 Å². The molecule has 0 saturated heterocycles. The van der Waals surface area contributed by atoms with Crippen LogP contribution in [0.1, 0.15) is 38.1 Å². The lowest BCUT2D eigenvalue weighted by atomic mass is 10.1. The van der Waals surface area contributed by atoms with Gasteiger partial charge >= 0.3 is 0 Å². The van der Waals surface area contributed by atoms with Gasteiger partial charge in [0, 0.05) is 18.5 Å². The van der Waals surface area contributed by atoms with Crippen LogP contribution in [0.4, 0.5) is 5.82 Å². The Hall–Kier alpha value is -2.10. The Labute approximate surface area is 126 Å². The van der Waals surface area contributed by atoms with Gasteiger partial charge < -0.3 is 10.1 Å². The van der Waals surface area contributed by atoms with Gasteiger partial charge in [0.05, 0.1) is 6.61 Å². The van der Waals surface area contributed by atoms with E-state index in [1.165, 1.54) is 5.56 Å². The summed E-state index contributed by atoms with van der Waals surface area (Å²) in [6.45, 7) is 7.57. The van der Waals surface area contributed by atoms with Crippen molar-refractivity contribution >= 4 is 5.82 Å². The summed E-state index contributed by atoms with van der Waals surface area (Å²) < 4.78 is 5.51. The molecular formula is C17H23N3O. The third-order valence-electron chi connectivity index (χ3n) is 3.09. The molecule has 1 aromatic carbocycles. The molecule has 4 nitrogen and oxygen atoms in total. The Morgan fingerprint density at radius 2 is 1.90 bits per heavy atom. The van der Waals surface area contributed by atoms with Gasteiger partial charge in [-0.25, -0.2) is 4.98 Å². The Morgan fingerprint density at radius 1 is 1.14 bits per heavy atom. The fourth-order valence-electron chi connectivity index (χ4n) is 1.99. The quantitative estimate of drug-likeness (QED) is 0.843. The molecule has 0 saturated carbocycles. The summed E-state index contributed by atoms with van der Waals surface area (Å²) in [6, 6.07) is 12.3. The molecule has 0 spiro atoms. The maximum absolute atomic E-state index is 5.51. The number of anilines is 1. The van der Waals surface area contributed by atoms with Gasteiger partial charge in [-0.15, -0.1) is 0 Å². The highest BCUT2D eigenvalue weighted by Gasteiger charge is 2.08. The summed E-state index contributed by atoms with van der Waals surface area (Å²) in [7, 11) is 0. The molecule has 0 fully saturated rings. The Balaban J connectivity index is 2.01. The second-order valence-corrected chi connectivity index (χ2v) is 5.20. The van der Waals surface area contributed by atoms with Crippen molar-refractivity contribution in [2.75, 3.05) is 18.5 Å². The van der Waals surface area contributed by atoms with Crippen molar-refractivity contribution in [1.29, 1.82) is 0 Å². The van der Waals surface area contributed by atoms with Crippen LogP contribution in [-0.4, -0.2) is 23.1 Å². The monoisotopic (exact) mass is 285 g/mol. The lowest BCUT2D eigenvalue weighted by molar-refractivity contribution is 0.324. The first kappa shape index (κ1) is 15.3. The molecule has 1 heterocycles. The minimum atomic E-state index is 0.278. The molecule has 0 radical (unpaired) electrons. The fraction of sp³-hybridized carbons (Fsp3) is 0.412. The van der Waals surface area contributed by atoms with Gasteiger partial charge in [-0.3, -0.25) is 0 Å². The number of benzene rings is 1. The van der Waals surface area contributed by atoms with E-state index in [1.54, 1.807) is 0 Å². The van der Waals surface area contributed by atoms with Gasteiger partial charge in [0.2, 0.25) is 5.88 Å². The molecule has 0 aliphatic rings. The Kier molecular flexibility index (Phi) is 5.55. The van der Waals surface area contributed by atoms with Crippen molar-refractivity contribution in [2.24, 2.45) is 0 Å². The number of nitrogens with zero attached hydrogens (tertiary/aromatic N) is 2. The summed E-state index contributed by atoms with van der Waals surface area (Å²) in [6.07, 6.45) is 0.964. The average molecular weight is 285 g/mol. The van der Waals surface area contributed by atoms with E-state index in [9.17, 15) is 0 Å². The van der Waals surface area contributed by atoms with Crippen LogP contribution < -0.4 is 10.1 Å². The van der Waals surface area contributed by atoms with Crippen LogP contribution in [0.25, 0.3) is 0 Å². The first-order chi connectivity index (χ1) is 10.2. The van der Waals surface area contributed by atoms with E-state index >= 15 is 0 Å². The van der Waals surface area contributed by atoms with E-state index in [4.69, 9.17) is 4.74 Å². The van der Waals surface area contributed by atoms with Crippen molar-refractivity contribution in [1.82, 2.24) is 9.97 Å². The van der Waals surface area contributed by atoms with Gasteiger partial charge in [0.1, 0.15) is 11.6 Å². The Bertz CT molecular complexity index is 555. The molecule has 112 valence electrons. The summed E-state index contributed by atoms with van der Waals surface area (Å²) in [5, 5.41) is 3.36. The topological polar surface area (TPSA) is 47.0 Å². The largest absolute Gasteiger partial charge is 0.478 e. The minimum absolute atomic E-state index is 0.278. The molecule has 2 rings (SSSR count). The SMILES string of the molecule is CCOc1cc(NCCc2ccccc2)nc(C(C)C)n1. The zero-order valence-electron chi connectivity index (χ0n) is 13.0. The van der Waals surface area contributed by atoms with Gasteiger partial charge in [-0.1, -0.05) is 44.2 Å². The summed E-state index contributed by atoms with van der Waals surface area (Å²) in [5.74, 6) is 2.55. The van der Waals surface area contributed by atoms with Crippen LogP contribution in [0.15, 0.2) is 36.4 Å². The zero-order chi connectivity index (χ0) is 15.1. The highest BCUT2D eigenvalue weighted by molar-refractivity contribution is 5.39. The highest BCUT2D eigenvalue weighted by atomic mass is 16.5. The van der Waals surface area contributed by atoms with Crippen LogP contribution in [0.3, 0.4) is 0 Å². The molecule has 0 aliphatic carbocycles. The summed E-state index contributed by atoms with van der Waals surface area (Å²) >= 11 is 0. The Morgan fingerprint density at radius 3 is 2.57 bits per heavy atom. The summed E-state index contributed by atoms with van der Waals surface area (Å²) in [5.41, 5.74) is 1.31. The molecule has 4 heteroatoms. The van der Waals surface area contributed by atoms with Crippen LogP contribution in [-0.2, 0) is 6.42 Å². The minimum Gasteiger partial charge on any atom is -0.478 e. The average Bonchev–Trinajstić information content (AvgIpc) is 2.48. The van der Waals surface area contributed by atoms with Crippen LogP contribution in [0, 0.1) is 0 Å². The first-order valence-electron chi connectivity index (χ1n) is 7.48. The lowest BCUT2D eigenvalue weighted by Gasteiger charge is -2.11. The molecule has 1 N–H and O–H groups in total. The molecule has 0 aliphatic heterocycles. The van der Waals surface area contributed by atoms with E-state index < -0.39 is 0 Å². The van der Waals surface area contributed by atoms with Crippen LogP contribution >= 0.6 is 0 Å². The van der Waals surface area contributed by atoms with Crippen molar-refractivity contribution in [3.63, 3.8) is 0 Å². The third-order valence-corrected chi connectivity index (χ3v) is 3.09. The molecule has 1 aromatic heterocycles. The lowest BCUT2D eigenvalue weighted by Crippen LogP contribution is -2.10. The van der Waals surface area contributed by atoms with Crippen LogP contribution in [0.5, 0.6) is 5.88 Å². The van der Waals surface area contributed by atoms with Gasteiger partial charge in [0.25, 0.3) is 0 Å². The first-order valence-corrected chi connectivity index (χ1v) is 7.48. The summed E-state index contributed by atoms with van der Waals surface area (Å²) in [4.78, 5) is 8.96. The number of rotatable bonds is 7. The van der Waals surface area contributed by atoms with Crippen molar-refractivity contribution in [3.05, 3.63) is 47.8 Å². The molecule has 0 unspecified atom stereocenters. The highest BCUT2D eigenvalue weighted by Crippen LogP contribution is 2.18. The number of hydrogen-bond acceptors (Lipinski definition) is 4. The number of ether oxygens (including phenoxy) is 1. The van der Waals surface area contributed by atoms with E-state index in [0.717, 1.165) is 24.6 Å². The normalized spacial score (nSPS) is 10.7. The van der Waals surface area contributed by atoms with Crippen molar-refractivity contribution < 1.29 is 4.74 Å². The second-order valence-electron chi connectivity index (χ2n) is 5.20. The van der Waals surface area contributed by atoms with Gasteiger partial charge in [-0.05, 0) is 18.9 Å². The standard InChI is InChI=1S/C17H23N3O/c1-4-21-16-12-15(19-17(20-16)13(2)3)18-11-10-14-8-6-5-7-9-14/h5-9,12-13H,4,10-11H2,1-3H3,(H,18,19,20). The predicted molar refractivity (Wildman–Crippen MR) is 85.9 cm³/mol. The predicted octanol–water partition coefficient (Wildman–Crippen LogP) is 3.65. The molecule has 2 aromatic rings. The molecule has 21 heavy (non-hydrogen) atoms. The second kappa shape index (κ2) is 7.62.